The number of aliphatic carboxylic acids is 1. The van der Waals surface area contributed by atoms with E-state index in [0.29, 0.717) is 10.9 Å². The molecule has 1 amide bonds. The number of nitrogens with one attached hydrogen (secondary N) is 2. The van der Waals surface area contributed by atoms with E-state index in [9.17, 15) is 35.9 Å². The number of aromatic nitrogens is 2. The fourth-order valence-electron chi connectivity index (χ4n) is 3.18. The number of benzene rings is 1. The molecule has 2 unspecified atom stereocenters. The molecule has 0 radical (unpaired) electrons. The number of allylic oxidation sites excluding steroid dienone is 1. The van der Waals surface area contributed by atoms with Gasteiger partial charge in [0.1, 0.15) is 22.7 Å². The fraction of sp³-hybridized carbons (Fsp3) is 0.263. The van der Waals surface area contributed by atoms with Crippen LogP contribution in [0.2, 0.25) is 0 Å². The molecule has 0 spiro atoms. The third kappa shape index (κ3) is 5.53. The highest BCUT2D eigenvalue weighted by atomic mass is 35.5. The fourth-order valence-corrected chi connectivity index (χ4v) is 3.36. The number of nitrogens with zero attached hydrogens (tertiary/aromatic N) is 3. The molecule has 0 aliphatic carbocycles. The third-order valence-electron chi connectivity index (χ3n) is 4.85. The molecule has 8 nitrogen and oxygen atoms in total. The minimum Gasteiger partial charge on any atom is -0.477 e. The molecule has 0 saturated carbocycles. The van der Waals surface area contributed by atoms with Crippen LogP contribution in [-0.2, 0) is 4.79 Å². The van der Waals surface area contributed by atoms with Gasteiger partial charge in [0, 0.05) is 12.5 Å². The molecule has 2 aromatic rings. The van der Waals surface area contributed by atoms with Crippen LogP contribution in [0.15, 0.2) is 45.5 Å². The lowest BCUT2D eigenvalue weighted by Crippen LogP contribution is -2.47. The Balaban J connectivity index is 1.93. The second-order valence-corrected chi connectivity index (χ2v) is 7.93. The predicted octanol–water partition coefficient (Wildman–Crippen LogP) is 4.81. The van der Waals surface area contributed by atoms with Gasteiger partial charge in [0.25, 0.3) is 5.91 Å². The topological polar surface area (TPSA) is 109 Å². The van der Waals surface area contributed by atoms with Crippen molar-refractivity contribution in [2.75, 3.05) is 5.32 Å². The van der Waals surface area contributed by atoms with E-state index >= 15 is 0 Å². The Kier molecular flexibility index (Phi) is 7.36. The first-order valence-electron chi connectivity index (χ1n) is 9.40. The van der Waals surface area contributed by atoms with Crippen LogP contribution in [0.4, 0.5) is 32.2 Å². The highest BCUT2D eigenvalue weighted by molar-refractivity contribution is 6.51. The summed E-state index contributed by atoms with van der Waals surface area (Å²) in [6.07, 6.45) is -6.06. The molecule has 3 N–H and O–H groups in total. The maximum atomic E-state index is 14.4. The van der Waals surface area contributed by atoms with Crippen LogP contribution in [0.25, 0.3) is 0 Å². The molecule has 1 aliphatic heterocycles. The van der Waals surface area contributed by atoms with Crippen molar-refractivity contribution in [3.63, 3.8) is 0 Å². The van der Waals surface area contributed by atoms with Gasteiger partial charge in [-0.1, -0.05) is 35.3 Å². The zero-order valence-electron chi connectivity index (χ0n) is 17.0. The Hall–Kier alpha value is -3.26. The molecule has 1 aromatic heterocycles. The van der Waals surface area contributed by atoms with Crippen molar-refractivity contribution in [1.82, 2.24) is 15.2 Å². The van der Waals surface area contributed by atoms with E-state index in [-0.39, 0.29) is 11.4 Å². The number of carbonyl (C=O) groups is 2. The second-order valence-electron chi connectivity index (χ2n) is 7.15. The van der Waals surface area contributed by atoms with E-state index in [1.165, 1.54) is 12.1 Å². The number of rotatable bonds is 6. The highest BCUT2D eigenvalue weighted by Crippen LogP contribution is 2.50. The lowest BCUT2D eigenvalue weighted by Gasteiger charge is -2.37. The lowest BCUT2D eigenvalue weighted by molar-refractivity contribution is -0.301. The summed E-state index contributed by atoms with van der Waals surface area (Å²) in [5.41, 5.74) is 1.52. The van der Waals surface area contributed by atoms with Gasteiger partial charge < -0.3 is 10.4 Å². The van der Waals surface area contributed by atoms with Gasteiger partial charge >= 0.3 is 18.1 Å². The molecule has 2 atom stereocenters. The normalized spacial score (nSPS) is 19.1. The van der Waals surface area contributed by atoms with Gasteiger partial charge in [-0.2, -0.15) is 32.2 Å². The Morgan fingerprint density at radius 3 is 2.40 bits per heavy atom. The van der Waals surface area contributed by atoms with Gasteiger partial charge in [-0.3, -0.25) is 4.79 Å². The van der Waals surface area contributed by atoms with Gasteiger partial charge in [-0.15, -0.1) is 0 Å². The van der Waals surface area contributed by atoms with Crippen molar-refractivity contribution in [2.45, 2.75) is 30.6 Å². The van der Waals surface area contributed by atoms with Crippen molar-refractivity contribution in [1.29, 1.82) is 0 Å². The minimum absolute atomic E-state index is 0.231. The van der Waals surface area contributed by atoms with Gasteiger partial charge in [0.15, 0.2) is 5.69 Å². The number of carbonyl (C=O) groups excluding carboxylic acids is 1. The van der Waals surface area contributed by atoms with E-state index < -0.39 is 64.1 Å². The van der Waals surface area contributed by atoms with Crippen molar-refractivity contribution < 1.29 is 41.0 Å². The third-order valence-corrected chi connectivity index (χ3v) is 5.60. The largest absolute Gasteiger partial charge is 0.477 e. The molecule has 1 aromatic carbocycles. The molecule has 188 valence electrons. The van der Waals surface area contributed by atoms with Gasteiger partial charge in [0.2, 0.25) is 0 Å². The van der Waals surface area contributed by atoms with Crippen LogP contribution in [0.5, 0.6) is 0 Å². The Bertz CT molecular complexity index is 1200. The van der Waals surface area contributed by atoms with Crippen LogP contribution in [0, 0.1) is 5.82 Å². The van der Waals surface area contributed by atoms with Gasteiger partial charge in [-0.25, -0.2) is 19.3 Å². The van der Waals surface area contributed by atoms with Crippen LogP contribution in [-0.4, -0.2) is 45.1 Å². The van der Waals surface area contributed by atoms with Crippen molar-refractivity contribution >= 4 is 47.1 Å². The maximum absolute atomic E-state index is 14.4. The van der Waals surface area contributed by atoms with Crippen LogP contribution in [0.3, 0.4) is 0 Å². The van der Waals surface area contributed by atoms with E-state index in [1.54, 1.807) is 0 Å². The predicted molar refractivity (Wildman–Crippen MR) is 112 cm³/mol. The SMILES string of the molecule is O=C(O)/C(Cl)=C(Cl)/C=N/NC(=O)c1cc2n(n1)C(C(F)(F)C(F)(F)F)CC(c1ccc(F)cc1)N2. The summed E-state index contributed by atoms with van der Waals surface area (Å²) in [6, 6.07) is 1.79. The van der Waals surface area contributed by atoms with Gasteiger partial charge in [0.05, 0.1) is 17.3 Å². The Morgan fingerprint density at radius 1 is 1.20 bits per heavy atom. The maximum Gasteiger partial charge on any atom is 0.455 e. The summed E-state index contributed by atoms with van der Waals surface area (Å²) in [5.74, 6) is -8.90. The molecular formula is C19H13Cl2F6N5O3. The molecular weight excluding hydrogens is 531 g/mol. The van der Waals surface area contributed by atoms with Crippen molar-refractivity contribution in [2.24, 2.45) is 5.10 Å². The molecule has 0 saturated heterocycles. The number of alkyl halides is 5. The standard InChI is InChI=1S/C19H13Cl2F6N5O3/c20-10(15(21)17(34)35)7-28-30-16(33)12-6-14-29-11(8-1-3-9(22)4-2-8)5-13(32(14)31-12)18(23,24)19(25,26)27/h1-4,6-7,11,13,29H,5H2,(H,30,33)(H,34,35)/b15-10+,28-7+. The number of carboxylic acids is 1. The van der Waals surface area contributed by atoms with E-state index in [4.69, 9.17) is 28.3 Å². The highest BCUT2D eigenvalue weighted by Gasteiger charge is 2.64. The van der Waals surface area contributed by atoms with Crippen LogP contribution < -0.4 is 10.7 Å². The van der Waals surface area contributed by atoms with E-state index in [1.807, 2.05) is 5.43 Å². The zero-order chi connectivity index (χ0) is 26.1. The number of carboxylic acid groups (broad SMARTS) is 1. The summed E-state index contributed by atoms with van der Waals surface area (Å²) in [7, 11) is 0. The number of amides is 1. The molecule has 0 fully saturated rings. The Morgan fingerprint density at radius 2 is 1.83 bits per heavy atom. The molecule has 1 aliphatic rings. The van der Waals surface area contributed by atoms with Crippen LogP contribution in [0.1, 0.15) is 34.6 Å². The van der Waals surface area contributed by atoms with Crippen LogP contribution >= 0.6 is 23.2 Å². The number of hydrogen-bond donors (Lipinski definition) is 3. The van der Waals surface area contributed by atoms with E-state index in [0.717, 1.165) is 18.2 Å². The molecule has 3 rings (SSSR count). The molecule has 0 bridgehead atoms. The average Bonchev–Trinajstić information content (AvgIpc) is 3.21. The molecule has 35 heavy (non-hydrogen) atoms. The summed E-state index contributed by atoms with van der Waals surface area (Å²) < 4.78 is 82.0. The number of fused-ring (bicyclic) bond motifs is 1. The minimum atomic E-state index is -5.93. The summed E-state index contributed by atoms with van der Waals surface area (Å²) in [6.45, 7) is 0. The number of hydrogen-bond acceptors (Lipinski definition) is 5. The summed E-state index contributed by atoms with van der Waals surface area (Å²) in [5, 5.41) is 17.0. The number of hydrazone groups is 1. The first kappa shape index (κ1) is 26.3. The molecule has 16 heteroatoms. The monoisotopic (exact) mass is 543 g/mol. The number of halogens is 8. The first-order chi connectivity index (χ1) is 16.2. The summed E-state index contributed by atoms with van der Waals surface area (Å²) >= 11 is 10.9. The van der Waals surface area contributed by atoms with E-state index in [2.05, 4.69) is 15.5 Å². The smallest absolute Gasteiger partial charge is 0.455 e. The summed E-state index contributed by atoms with van der Waals surface area (Å²) in [4.78, 5) is 23.0. The lowest BCUT2D eigenvalue weighted by atomic mass is 9.93. The number of anilines is 1. The zero-order valence-corrected chi connectivity index (χ0v) is 18.5. The average molecular weight is 544 g/mol. The van der Waals surface area contributed by atoms with Crippen molar-refractivity contribution in [3.05, 3.63) is 57.5 Å². The quantitative estimate of drug-likeness (QED) is 0.210. The second kappa shape index (κ2) is 9.77. The Labute approximate surface area is 202 Å². The van der Waals surface area contributed by atoms with Gasteiger partial charge in [-0.05, 0) is 17.7 Å². The molecule has 2 heterocycles. The van der Waals surface area contributed by atoms with Crippen molar-refractivity contribution in [3.8, 4) is 0 Å². The first-order valence-corrected chi connectivity index (χ1v) is 10.2.